The quantitative estimate of drug-likeness (QED) is 0.438. The van der Waals surface area contributed by atoms with Crippen LogP contribution in [-0.2, 0) is 7.05 Å². The number of rotatable bonds is 1. The van der Waals surface area contributed by atoms with Gasteiger partial charge in [-0.25, -0.2) is 0 Å². The minimum atomic E-state index is -0.567. The first-order valence-corrected chi connectivity index (χ1v) is 2.55. The minimum absolute atomic E-state index is 0.0903. The third-order valence-corrected chi connectivity index (χ3v) is 1.11. The largest absolute Gasteiger partial charge is 0.390 e. The minimum Gasteiger partial charge on any atom is -0.390 e. The van der Waals surface area contributed by atoms with Gasteiger partial charge >= 0.3 is 5.82 Å². The summed E-state index contributed by atoms with van der Waals surface area (Å²) in [6.45, 7) is 0. The van der Waals surface area contributed by atoms with E-state index in [9.17, 15) is 10.1 Å². The van der Waals surface area contributed by atoms with Crippen molar-refractivity contribution in [1.29, 1.82) is 0 Å². The summed E-state index contributed by atoms with van der Waals surface area (Å²) in [6, 6.07) is 0. The van der Waals surface area contributed by atoms with E-state index in [0.717, 1.165) is 4.68 Å². The molecule has 10 heavy (non-hydrogen) atoms. The Hall–Kier alpha value is -1.59. The van der Waals surface area contributed by atoms with Gasteiger partial charge in [-0.3, -0.25) is 0 Å². The Labute approximate surface area is 56.4 Å². The van der Waals surface area contributed by atoms with E-state index >= 15 is 0 Å². The van der Waals surface area contributed by atoms with Crippen molar-refractivity contribution in [3.63, 3.8) is 0 Å². The molecule has 0 amide bonds. The van der Waals surface area contributed by atoms with Crippen molar-refractivity contribution in [3.8, 4) is 0 Å². The van der Waals surface area contributed by atoms with Crippen LogP contribution in [0.1, 0.15) is 0 Å². The fraction of sp³-hybridized carbons (Fsp3) is 0.250. The highest BCUT2D eigenvalue weighted by molar-refractivity contribution is 5.51. The second kappa shape index (κ2) is 1.98. The maximum atomic E-state index is 10.2. The monoisotopic (exact) mass is 142 g/mol. The summed E-state index contributed by atoms with van der Waals surface area (Å²) in [5, 5.41) is 13.8. The lowest BCUT2D eigenvalue weighted by Crippen LogP contribution is -2.00. The van der Waals surface area contributed by atoms with Crippen LogP contribution in [0.5, 0.6) is 0 Å². The zero-order valence-electron chi connectivity index (χ0n) is 5.31. The van der Waals surface area contributed by atoms with Crippen molar-refractivity contribution in [2.75, 3.05) is 5.73 Å². The molecule has 6 heteroatoms. The Morgan fingerprint density at radius 1 is 1.90 bits per heavy atom. The van der Waals surface area contributed by atoms with E-state index in [4.69, 9.17) is 5.73 Å². The maximum Gasteiger partial charge on any atom is 0.367 e. The lowest BCUT2D eigenvalue weighted by molar-refractivity contribution is -0.391. The molecule has 0 unspecified atom stereocenters. The van der Waals surface area contributed by atoms with Gasteiger partial charge in [0.1, 0.15) is 13.2 Å². The number of hydrogen-bond acceptors (Lipinski definition) is 4. The van der Waals surface area contributed by atoms with Crippen molar-refractivity contribution in [2.45, 2.75) is 0 Å². The number of nitrogens with zero attached hydrogens (tertiary/aromatic N) is 3. The van der Waals surface area contributed by atoms with Crippen molar-refractivity contribution in [1.82, 2.24) is 9.78 Å². The van der Waals surface area contributed by atoms with Crippen molar-refractivity contribution < 1.29 is 4.92 Å². The van der Waals surface area contributed by atoms with E-state index in [-0.39, 0.29) is 11.5 Å². The highest BCUT2D eigenvalue weighted by atomic mass is 16.6. The molecule has 0 bridgehead atoms. The summed E-state index contributed by atoms with van der Waals surface area (Å²) < 4.78 is 1.12. The van der Waals surface area contributed by atoms with Crippen molar-refractivity contribution >= 4 is 11.5 Å². The van der Waals surface area contributed by atoms with Crippen LogP contribution in [-0.4, -0.2) is 14.7 Å². The van der Waals surface area contributed by atoms with E-state index in [2.05, 4.69) is 5.10 Å². The van der Waals surface area contributed by atoms with E-state index in [1.165, 1.54) is 13.2 Å². The molecule has 1 rings (SSSR count). The second-order valence-electron chi connectivity index (χ2n) is 1.80. The standard InChI is InChI=1S/C4H6N4O2/c1-7-4(8(9)10)3(5)2-6-7/h2H,5H2,1H3. The molecule has 0 aliphatic carbocycles. The third kappa shape index (κ3) is 0.790. The lowest BCUT2D eigenvalue weighted by atomic mass is 10.5. The van der Waals surface area contributed by atoms with Crippen LogP contribution in [0, 0.1) is 10.1 Å². The molecule has 1 aromatic rings. The Balaban J connectivity index is 3.23. The van der Waals surface area contributed by atoms with E-state index in [0.29, 0.717) is 0 Å². The maximum absolute atomic E-state index is 10.2. The Bertz CT molecular complexity index is 247. The molecule has 0 aromatic carbocycles. The molecule has 0 saturated heterocycles. The van der Waals surface area contributed by atoms with E-state index < -0.39 is 4.92 Å². The SMILES string of the molecule is Cn1ncc(N)c1[N+](=O)[O-]. The molecule has 6 nitrogen and oxygen atoms in total. The van der Waals surface area contributed by atoms with Gasteiger partial charge in [0.25, 0.3) is 0 Å². The molecule has 0 aliphatic rings. The predicted octanol–water partition coefficient (Wildman–Crippen LogP) is -0.0895. The highest BCUT2D eigenvalue weighted by Crippen LogP contribution is 2.17. The van der Waals surface area contributed by atoms with Gasteiger partial charge in [0.15, 0.2) is 5.69 Å². The predicted molar refractivity (Wildman–Crippen MR) is 34.3 cm³/mol. The van der Waals surface area contributed by atoms with Crippen LogP contribution in [0.15, 0.2) is 6.20 Å². The zero-order chi connectivity index (χ0) is 7.72. The van der Waals surface area contributed by atoms with Crippen LogP contribution >= 0.6 is 0 Å². The van der Waals surface area contributed by atoms with Crippen LogP contribution < -0.4 is 5.73 Å². The number of nitro groups is 1. The molecule has 0 aliphatic heterocycles. The topological polar surface area (TPSA) is 87.0 Å². The van der Waals surface area contributed by atoms with Crippen LogP contribution in [0.25, 0.3) is 0 Å². The summed E-state index contributed by atoms with van der Waals surface area (Å²) in [7, 11) is 1.47. The van der Waals surface area contributed by atoms with Crippen LogP contribution in [0.3, 0.4) is 0 Å². The normalized spacial score (nSPS) is 9.70. The Kier molecular flexibility index (Phi) is 1.29. The summed E-state index contributed by atoms with van der Waals surface area (Å²) in [6.07, 6.45) is 1.25. The van der Waals surface area contributed by atoms with Crippen molar-refractivity contribution in [3.05, 3.63) is 16.3 Å². The van der Waals surface area contributed by atoms with Crippen LogP contribution in [0.2, 0.25) is 0 Å². The lowest BCUT2D eigenvalue weighted by Gasteiger charge is -1.92. The van der Waals surface area contributed by atoms with Gasteiger partial charge < -0.3 is 15.8 Å². The molecule has 0 atom stereocenters. The van der Waals surface area contributed by atoms with Gasteiger partial charge in [-0.1, -0.05) is 5.10 Å². The summed E-state index contributed by atoms with van der Waals surface area (Å²) >= 11 is 0. The fourth-order valence-electron chi connectivity index (χ4n) is 0.672. The first-order valence-electron chi connectivity index (χ1n) is 2.55. The molecule has 1 aromatic heterocycles. The molecule has 54 valence electrons. The molecule has 2 N–H and O–H groups in total. The Morgan fingerprint density at radius 2 is 2.50 bits per heavy atom. The first-order chi connectivity index (χ1) is 4.63. The number of nitrogens with two attached hydrogens (primary N) is 1. The van der Waals surface area contributed by atoms with Crippen LogP contribution in [0.4, 0.5) is 11.5 Å². The van der Waals surface area contributed by atoms with Gasteiger partial charge in [0, 0.05) is 0 Å². The molecule has 0 spiro atoms. The fourth-order valence-corrected chi connectivity index (χ4v) is 0.672. The van der Waals surface area contributed by atoms with E-state index in [1.807, 2.05) is 0 Å². The number of hydrogen-bond donors (Lipinski definition) is 1. The third-order valence-electron chi connectivity index (χ3n) is 1.11. The molecule has 0 radical (unpaired) electrons. The average molecular weight is 142 g/mol. The number of nitrogen functional groups attached to an aromatic ring is 1. The molecule has 1 heterocycles. The number of aryl methyl sites for hydroxylation is 1. The molecular formula is C4H6N4O2. The number of anilines is 1. The second-order valence-corrected chi connectivity index (χ2v) is 1.80. The van der Waals surface area contributed by atoms with Gasteiger partial charge in [-0.05, 0) is 4.92 Å². The average Bonchev–Trinajstić information content (AvgIpc) is 2.11. The van der Waals surface area contributed by atoms with Gasteiger partial charge in [-0.15, -0.1) is 4.68 Å². The van der Waals surface area contributed by atoms with Gasteiger partial charge in [0.05, 0.1) is 0 Å². The number of aromatic nitrogens is 2. The van der Waals surface area contributed by atoms with Gasteiger partial charge in [0.2, 0.25) is 0 Å². The van der Waals surface area contributed by atoms with E-state index in [1.54, 1.807) is 0 Å². The Morgan fingerprint density at radius 3 is 2.70 bits per heavy atom. The highest BCUT2D eigenvalue weighted by Gasteiger charge is 2.15. The zero-order valence-corrected chi connectivity index (χ0v) is 5.31. The summed E-state index contributed by atoms with van der Waals surface area (Å²) in [4.78, 5) is 9.60. The summed E-state index contributed by atoms with van der Waals surface area (Å²) in [5.74, 6) is -0.167. The first kappa shape index (κ1) is 6.53. The van der Waals surface area contributed by atoms with Crippen molar-refractivity contribution in [2.24, 2.45) is 7.05 Å². The summed E-state index contributed by atoms with van der Waals surface area (Å²) in [5.41, 5.74) is 5.31. The smallest absolute Gasteiger partial charge is 0.367 e. The molecule has 0 fully saturated rings. The molecule has 0 saturated carbocycles. The molecular weight excluding hydrogens is 136 g/mol. The van der Waals surface area contributed by atoms with Gasteiger partial charge in [-0.2, -0.15) is 0 Å².